The summed E-state index contributed by atoms with van der Waals surface area (Å²) in [7, 11) is 0. The molecule has 3 aromatic carbocycles. The van der Waals surface area contributed by atoms with Crippen molar-refractivity contribution in [1.82, 2.24) is 0 Å². The van der Waals surface area contributed by atoms with Crippen molar-refractivity contribution in [1.29, 1.82) is 0 Å². The van der Waals surface area contributed by atoms with Crippen LogP contribution in [0.3, 0.4) is 0 Å². The van der Waals surface area contributed by atoms with Gasteiger partial charge >= 0.3 is 0 Å². The van der Waals surface area contributed by atoms with Crippen molar-refractivity contribution < 1.29 is 14.3 Å². The summed E-state index contributed by atoms with van der Waals surface area (Å²) >= 11 is 3.50. The minimum atomic E-state index is -0.178. The van der Waals surface area contributed by atoms with Crippen molar-refractivity contribution in [3.8, 4) is 11.5 Å². The molecule has 0 heterocycles. The molecule has 0 aliphatic heterocycles. The molecule has 4 nitrogen and oxygen atoms in total. The molecular weight excluding hydrogens is 442 g/mol. The van der Waals surface area contributed by atoms with Gasteiger partial charge in [-0.2, -0.15) is 0 Å². The van der Waals surface area contributed by atoms with E-state index in [4.69, 9.17) is 9.47 Å². The normalized spacial score (nSPS) is 10.7. The second kappa shape index (κ2) is 10.8. The highest BCUT2D eigenvalue weighted by Gasteiger charge is 2.10. The fourth-order valence-corrected chi connectivity index (χ4v) is 3.28. The van der Waals surface area contributed by atoms with Crippen LogP contribution in [0.2, 0.25) is 0 Å². The Balaban J connectivity index is 1.54. The summed E-state index contributed by atoms with van der Waals surface area (Å²) in [5.41, 5.74) is 2.50. The van der Waals surface area contributed by atoms with E-state index in [9.17, 15) is 4.79 Å². The Hall–Kier alpha value is -2.79. The molecule has 0 atom stereocenters. The molecule has 30 heavy (non-hydrogen) atoms. The summed E-state index contributed by atoms with van der Waals surface area (Å²) < 4.78 is 12.3. The first-order chi connectivity index (χ1) is 14.5. The summed E-state index contributed by atoms with van der Waals surface area (Å²) in [6, 6.07) is 22.9. The minimum Gasteiger partial charge on any atom is -0.493 e. The molecule has 0 bridgehead atoms. The lowest BCUT2D eigenvalue weighted by molar-refractivity contribution is 0.102. The van der Waals surface area contributed by atoms with Crippen LogP contribution in [0.5, 0.6) is 11.5 Å². The highest BCUT2D eigenvalue weighted by Crippen LogP contribution is 2.27. The quantitative estimate of drug-likeness (QED) is 0.398. The van der Waals surface area contributed by atoms with Gasteiger partial charge in [-0.15, -0.1) is 0 Å². The van der Waals surface area contributed by atoms with Crippen LogP contribution in [0.15, 0.2) is 77.3 Å². The molecule has 0 unspecified atom stereocenters. The molecule has 5 heteroatoms. The van der Waals surface area contributed by atoms with Gasteiger partial charge in [-0.25, -0.2) is 0 Å². The van der Waals surface area contributed by atoms with Crippen LogP contribution in [0.1, 0.15) is 29.8 Å². The van der Waals surface area contributed by atoms with Crippen molar-refractivity contribution in [2.24, 2.45) is 5.92 Å². The van der Waals surface area contributed by atoms with E-state index in [0.717, 1.165) is 22.3 Å². The predicted octanol–water partition coefficient (Wildman–Crippen LogP) is 6.36. The maximum Gasteiger partial charge on any atom is 0.255 e. The Bertz CT molecular complexity index is 956. The summed E-state index contributed by atoms with van der Waals surface area (Å²) in [5, 5.41) is 2.91. The first kappa shape index (κ1) is 21.9. The maximum absolute atomic E-state index is 12.6. The van der Waals surface area contributed by atoms with Gasteiger partial charge in [0.25, 0.3) is 5.91 Å². The van der Waals surface area contributed by atoms with E-state index in [1.807, 2.05) is 48.5 Å². The molecule has 0 fully saturated rings. The average molecular weight is 468 g/mol. The van der Waals surface area contributed by atoms with Crippen molar-refractivity contribution in [3.05, 3.63) is 88.4 Å². The van der Waals surface area contributed by atoms with Gasteiger partial charge in [-0.3, -0.25) is 4.79 Å². The van der Waals surface area contributed by atoms with E-state index in [0.29, 0.717) is 30.4 Å². The number of hydrogen-bond donors (Lipinski definition) is 1. The van der Waals surface area contributed by atoms with E-state index in [-0.39, 0.29) is 5.91 Å². The number of rotatable bonds is 9. The molecule has 0 aliphatic carbocycles. The number of hydrogen-bond acceptors (Lipinski definition) is 3. The largest absolute Gasteiger partial charge is 0.493 e. The second-order valence-corrected chi connectivity index (χ2v) is 8.27. The van der Waals surface area contributed by atoms with Crippen LogP contribution in [0.4, 0.5) is 5.69 Å². The van der Waals surface area contributed by atoms with Gasteiger partial charge in [0.15, 0.2) is 0 Å². The Labute approximate surface area is 186 Å². The number of benzene rings is 3. The zero-order chi connectivity index (χ0) is 21.3. The predicted molar refractivity (Wildman–Crippen MR) is 125 cm³/mol. The molecule has 3 rings (SSSR count). The molecule has 0 aliphatic rings. The third kappa shape index (κ3) is 6.63. The van der Waals surface area contributed by atoms with Crippen LogP contribution in [0, 0.1) is 5.92 Å². The summed E-state index contributed by atoms with van der Waals surface area (Å²) in [6.45, 7) is 5.44. The van der Waals surface area contributed by atoms with Crippen LogP contribution >= 0.6 is 15.9 Å². The van der Waals surface area contributed by atoms with E-state index in [1.165, 1.54) is 5.56 Å². The third-order valence-electron chi connectivity index (χ3n) is 4.38. The van der Waals surface area contributed by atoms with E-state index in [1.54, 1.807) is 12.1 Å². The van der Waals surface area contributed by atoms with E-state index < -0.39 is 0 Å². The number of carbonyl (C=O) groups is 1. The number of ether oxygens (including phenoxy) is 2. The van der Waals surface area contributed by atoms with Crippen molar-refractivity contribution in [2.75, 3.05) is 18.5 Å². The van der Waals surface area contributed by atoms with E-state index >= 15 is 0 Å². The zero-order valence-electron chi connectivity index (χ0n) is 17.2. The standard InChI is InChI=1S/C25H26BrNO3/c1-18(2)17-30-22-11-9-21(10-12-22)27-25(28)20-8-13-24(23(26)16-20)29-15-14-19-6-4-3-5-7-19/h3-13,16,18H,14-15,17H2,1-2H3,(H,27,28). The number of nitrogens with one attached hydrogen (secondary N) is 1. The highest BCUT2D eigenvalue weighted by atomic mass is 79.9. The molecule has 1 N–H and O–H groups in total. The summed E-state index contributed by atoms with van der Waals surface area (Å²) in [5.74, 6) is 1.80. The SMILES string of the molecule is CC(C)COc1ccc(NC(=O)c2ccc(OCCc3ccccc3)c(Br)c2)cc1. The zero-order valence-corrected chi connectivity index (χ0v) is 18.8. The average Bonchev–Trinajstić information content (AvgIpc) is 2.75. The maximum atomic E-state index is 12.6. The Kier molecular flexibility index (Phi) is 7.91. The summed E-state index contributed by atoms with van der Waals surface area (Å²) in [6.07, 6.45) is 0.826. The van der Waals surface area contributed by atoms with Crippen molar-refractivity contribution in [3.63, 3.8) is 0 Å². The molecule has 3 aromatic rings. The smallest absolute Gasteiger partial charge is 0.255 e. The Morgan fingerprint density at radius 3 is 2.37 bits per heavy atom. The van der Waals surface area contributed by atoms with Crippen molar-refractivity contribution >= 4 is 27.5 Å². The fourth-order valence-electron chi connectivity index (χ4n) is 2.78. The fraction of sp³-hybridized carbons (Fsp3) is 0.240. The molecule has 0 aromatic heterocycles. The second-order valence-electron chi connectivity index (χ2n) is 7.41. The Morgan fingerprint density at radius 1 is 0.967 bits per heavy atom. The van der Waals surface area contributed by atoms with Gasteiger partial charge in [0.2, 0.25) is 0 Å². The topological polar surface area (TPSA) is 47.6 Å². The van der Waals surface area contributed by atoms with Gasteiger partial charge in [0.1, 0.15) is 11.5 Å². The number of amides is 1. The molecule has 1 amide bonds. The lowest BCUT2D eigenvalue weighted by Gasteiger charge is -2.11. The molecule has 0 saturated heterocycles. The van der Waals surface area contributed by atoms with Gasteiger partial charge < -0.3 is 14.8 Å². The molecule has 0 spiro atoms. The molecule has 0 saturated carbocycles. The number of halogens is 1. The summed E-state index contributed by atoms with van der Waals surface area (Å²) in [4.78, 5) is 12.6. The third-order valence-corrected chi connectivity index (χ3v) is 5.00. The monoisotopic (exact) mass is 467 g/mol. The minimum absolute atomic E-state index is 0.178. The van der Waals surface area contributed by atoms with E-state index in [2.05, 4.69) is 47.2 Å². The van der Waals surface area contributed by atoms with Crippen LogP contribution in [-0.2, 0) is 6.42 Å². The molecular formula is C25H26BrNO3. The first-order valence-electron chi connectivity index (χ1n) is 10.0. The van der Waals surface area contributed by atoms with Gasteiger partial charge in [0, 0.05) is 17.7 Å². The first-order valence-corrected chi connectivity index (χ1v) is 10.8. The molecule has 156 valence electrons. The molecule has 0 radical (unpaired) electrons. The Morgan fingerprint density at radius 2 is 1.70 bits per heavy atom. The van der Waals surface area contributed by atoms with Gasteiger partial charge in [-0.1, -0.05) is 44.2 Å². The highest BCUT2D eigenvalue weighted by molar-refractivity contribution is 9.10. The van der Waals surface area contributed by atoms with Crippen molar-refractivity contribution in [2.45, 2.75) is 20.3 Å². The number of carbonyl (C=O) groups excluding carboxylic acids is 1. The lowest BCUT2D eigenvalue weighted by atomic mass is 10.1. The lowest BCUT2D eigenvalue weighted by Crippen LogP contribution is -2.12. The van der Waals surface area contributed by atoms with Crippen LogP contribution in [0.25, 0.3) is 0 Å². The van der Waals surface area contributed by atoms with Gasteiger partial charge in [0.05, 0.1) is 17.7 Å². The van der Waals surface area contributed by atoms with Gasteiger partial charge in [-0.05, 0) is 69.9 Å². The van der Waals surface area contributed by atoms with Crippen LogP contribution in [-0.4, -0.2) is 19.1 Å². The number of anilines is 1. The van der Waals surface area contributed by atoms with Crippen LogP contribution < -0.4 is 14.8 Å².